The number of piperidine rings is 3. The zero-order chi connectivity index (χ0) is 23.4. The number of imidazole rings is 1. The van der Waals surface area contributed by atoms with E-state index in [0.717, 1.165) is 41.7 Å². The van der Waals surface area contributed by atoms with Crippen molar-refractivity contribution in [2.24, 2.45) is 5.92 Å². The number of nitrogens with one attached hydrogen (secondary N) is 3. The Hall–Kier alpha value is -3.65. The first-order chi connectivity index (χ1) is 16.5. The average Bonchev–Trinajstić information content (AvgIpc) is 3.27. The van der Waals surface area contributed by atoms with E-state index in [2.05, 4.69) is 20.2 Å². The fourth-order valence-electron chi connectivity index (χ4n) is 5.45. The van der Waals surface area contributed by atoms with E-state index in [1.165, 1.54) is 17.7 Å². The summed E-state index contributed by atoms with van der Waals surface area (Å²) in [5.41, 5.74) is 3.94. The average molecular weight is 457 g/mol. The molecule has 7 rings (SSSR count). The van der Waals surface area contributed by atoms with Gasteiger partial charge in [-0.25, -0.2) is 4.98 Å². The van der Waals surface area contributed by atoms with Crippen LogP contribution in [-0.4, -0.2) is 70.4 Å². The Bertz CT molecular complexity index is 1430. The van der Waals surface area contributed by atoms with E-state index in [1.54, 1.807) is 20.2 Å². The van der Waals surface area contributed by atoms with Crippen molar-refractivity contribution in [2.75, 3.05) is 39.0 Å². The fourth-order valence-corrected chi connectivity index (χ4v) is 5.45. The van der Waals surface area contributed by atoms with E-state index in [9.17, 15) is 9.59 Å². The first-order valence-corrected chi connectivity index (χ1v) is 11.8. The minimum Gasteiger partial charge on any atom is -0.379 e. The Morgan fingerprint density at radius 3 is 2.59 bits per heavy atom. The fraction of sp³-hybridized carbons (Fsp3) is 0.346. The third-order valence-corrected chi connectivity index (χ3v) is 7.28. The van der Waals surface area contributed by atoms with Crippen LogP contribution in [0.25, 0.3) is 33.3 Å². The lowest BCUT2D eigenvalue weighted by molar-refractivity contribution is 0.0827. The highest BCUT2D eigenvalue weighted by atomic mass is 16.2. The number of rotatable bonds is 4. The van der Waals surface area contributed by atoms with Crippen molar-refractivity contribution in [3.05, 3.63) is 58.4 Å². The molecule has 0 unspecified atom stereocenters. The van der Waals surface area contributed by atoms with Gasteiger partial charge in [0.05, 0.1) is 22.2 Å². The Morgan fingerprint density at radius 2 is 1.88 bits per heavy atom. The molecule has 3 aliphatic rings. The maximum atomic E-state index is 13.5. The number of pyridine rings is 1. The Labute approximate surface area is 197 Å². The van der Waals surface area contributed by atoms with Crippen LogP contribution in [0.5, 0.6) is 0 Å². The first-order valence-electron chi connectivity index (χ1n) is 11.8. The van der Waals surface area contributed by atoms with Crippen molar-refractivity contribution in [1.29, 1.82) is 0 Å². The zero-order valence-corrected chi connectivity index (χ0v) is 19.4. The van der Waals surface area contributed by atoms with Crippen LogP contribution in [0.3, 0.4) is 0 Å². The number of para-hydroxylation sites is 2. The second-order valence-corrected chi connectivity index (χ2v) is 9.66. The number of carbonyl (C=O) groups is 1. The molecular formula is C26H28N6O2. The maximum absolute atomic E-state index is 13.5. The summed E-state index contributed by atoms with van der Waals surface area (Å²) in [5, 5.41) is 4.64. The molecule has 0 aliphatic carbocycles. The van der Waals surface area contributed by atoms with Gasteiger partial charge in [-0.05, 0) is 62.2 Å². The zero-order valence-electron chi connectivity index (χ0n) is 19.4. The van der Waals surface area contributed by atoms with Crippen LogP contribution < -0.4 is 10.9 Å². The van der Waals surface area contributed by atoms with Crippen LogP contribution in [0.2, 0.25) is 0 Å². The maximum Gasteiger partial charge on any atom is 0.261 e. The second-order valence-electron chi connectivity index (χ2n) is 9.66. The predicted octanol–water partition coefficient (Wildman–Crippen LogP) is 3.28. The van der Waals surface area contributed by atoms with Gasteiger partial charge in [-0.15, -0.1) is 0 Å². The number of amides is 1. The van der Waals surface area contributed by atoms with Gasteiger partial charge in [-0.1, -0.05) is 12.1 Å². The molecule has 3 saturated heterocycles. The summed E-state index contributed by atoms with van der Waals surface area (Å²) in [5.74, 6) is 1.02. The Kier molecular flexibility index (Phi) is 4.91. The molecule has 34 heavy (non-hydrogen) atoms. The minimum absolute atomic E-state index is 0.101. The smallest absolute Gasteiger partial charge is 0.261 e. The molecule has 3 aliphatic heterocycles. The molecule has 2 bridgehead atoms. The van der Waals surface area contributed by atoms with E-state index in [4.69, 9.17) is 4.98 Å². The number of anilines is 1. The number of H-pyrrole nitrogens is 2. The van der Waals surface area contributed by atoms with Crippen molar-refractivity contribution in [1.82, 2.24) is 24.8 Å². The number of nitrogens with zero attached hydrogens (tertiary/aromatic N) is 3. The lowest BCUT2D eigenvalue weighted by Crippen LogP contribution is -2.53. The summed E-state index contributed by atoms with van der Waals surface area (Å²) in [7, 11) is 3.45. The molecule has 0 spiro atoms. The van der Waals surface area contributed by atoms with Crippen molar-refractivity contribution in [2.45, 2.75) is 18.9 Å². The van der Waals surface area contributed by atoms with E-state index in [-0.39, 0.29) is 17.5 Å². The summed E-state index contributed by atoms with van der Waals surface area (Å²) >= 11 is 0. The Morgan fingerprint density at radius 1 is 1.09 bits per heavy atom. The van der Waals surface area contributed by atoms with Gasteiger partial charge < -0.3 is 25.1 Å². The molecule has 0 saturated carbocycles. The van der Waals surface area contributed by atoms with E-state index < -0.39 is 0 Å². The lowest BCUT2D eigenvalue weighted by atomic mass is 9.83. The van der Waals surface area contributed by atoms with Crippen molar-refractivity contribution in [3.63, 3.8) is 0 Å². The van der Waals surface area contributed by atoms with Crippen LogP contribution in [0.4, 0.5) is 5.69 Å². The molecule has 174 valence electrons. The topological polar surface area (TPSA) is 97.1 Å². The summed E-state index contributed by atoms with van der Waals surface area (Å²) in [4.78, 5) is 41.1. The van der Waals surface area contributed by atoms with Crippen molar-refractivity contribution < 1.29 is 4.79 Å². The second kappa shape index (κ2) is 7.99. The highest BCUT2D eigenvalue weighted by molar-refractivity contribution is 6.03. The number of hydrogen-bond acceptors (Lipinski definition) is 5. The number of aromatic amines is 2. The quantitative estimate of drug-likeness (QED) is 0.438. The highest BCUT2D eigenvalue weighted by Gasteiger charge is 2.35. The van der Waals surface area contributed by atoms with Gasteiger partial charge in [0.15, 0.2) is 0 Å². The minimum atomic E-state index is -0.232. The predicted molar refractivity (Wildman–Crippen MR) is 134 cm³/mol. The van der Waals surface area contributed by atoms with Crippen LogP contribution in [0, 0.1) is 5.92 Å². The summed E-state index contributed by atoms with van der Waals surface area (Å²) in [6.07, 6.45) is 2.33. The molecule has 2 aromatic carbocycles. The molecule has 8 nitrogen and oxygen atoms in total. The molecule has 5 heterocycles. The molecule has 1 atom stereocenters. The van der Waals surface area contributed by atoms with Crippen LogP contribution in [0.1, 0.15) is 23.2 Å². The third kappa shape index (κ3) is 3.45. The largest absolute Gasteiger partial charge is 0.379 e. The normalized spacial score (nSPS) is 21.8. The van der Waals surface area contributed by atoms with Gasteiger partial charge in [0.1, 0.15) is 11.4 Å². The van der Waals surface area contributed by atoms with Gasteiger partial charge in [0.25, 0.3) is 11.5 Å². The van der Waals surface area contributed by atoms with Crippen molar-refractivity contribution in [3.8, 4) is 11.4 Å². The molecule has 1 amide bonds. The molecule has 0 radical (unpaired) electrons. The van der Waals surface area contributed by atoms with Crippen LogP contribution >= 0.6 is 0 Å². The molecule has 4 aromatic rings. The summed E-state index contributed by atoms with van der Waals surface area (Å²) in [6, 6.07) is 13.6. The molecular weight excluding hydrogens is 428 g/mol. The first kappa shape index (κ1) is 20.9. The Balaban J connectivity index is 1.54. The molecule has 3 fully saturated rings. The molecule has 3 N–H and O–H groups in total. The lowest BCUT2D eigenvalue weighted by Gasteiger charge is -2.45. The summed E-state index contributed by atoms with van der Waals surface area (Å²) in [6.45, 7) is 3.26. The van der Waals surface area contributed by atoms with Crippen LogP contribution in [0.15, 0.2) is 47.3 Å². The molecule has 2 aromatic heterocycles. The van der Waals surface area contributed by atoms with Gasteiger partial charge in [0.2, 0.25) is 0 Å². The van der Waals surface area contributed by atoms with Gasteiger partial charge in [0, 0.05) is 37.6 Å². The number of fused-ring (bicyclic) bond motifs is 5. The third-order valence-electron chi connectivity index (χ3n) is 7.28. The van der Waals surface area contributed by atoms with Gasteiger partial charge in [-0.3, -0.25) is 9.59 Å². The number of benzene rings is 2. The standard InChI is InChI=1S/C26H28N6O2/c1-31(2)26(34)16-7-8-17-20(13-16)30-25(33)22(24-28-18-5-3-4-6-19(18)29-24)23(17)27-21-14-32-11-9-15(21)10-12-32/h3-8,13,15,21H,9-12,14H2,1-2H3,(H,28,29)(H2,27,30,33)/t21-/m0/s1. The van der Waals surface area contributed by atoms with Gasteiger partial charge in [-0.2, -0.15) is 0 Å². The number of hydrogen-bond donors (Lipinski definition) is 3. The SMILES string of the molecule is CN(C)C(=O)c1ccc2c(N[C@H]3CN4CCC3CC4)c(-c3nc4ccccc4[nH]3)c(=O)[nH]c2c1. The number of aromatic nitrogens is 3. The van der Waals surface area contributed by atoms with E-state index >= 15 is 0 Å². The van der Waals surface area contributed by atoms with Crippen molar-refractivity contribution >= 4 is 33.5 Å². The number of carbonyl (C=O) groups excluding carboxylic acids is 1. The van der Waals surface area contributed by atoms with Crippen LogP contribution in [-0.2, 0) is 0 Å². The van der Waals surface area contributed by atoms with Gasteiger partial charge >= 0.3 is 0 Å². The summed E-state index contributed by atoms with van der Waals surface area (Å²) < 4.78 is 0. The molecule has 8 heteroatoms. The van der Waals surface area contributed by atoms with E-state index in [1.807, 2.05) is 36.4 Å². The highest BCUT2D eigenvalue weighted by Crippen LogP contribution is 2.36. The monoisotopic (exact) mass is 456 g/mol. The van der Waals surface area contributed by atoms with E-state index in [0.29, 0.717) is 28.4 Å².